The van der Waals surface area contributed by atoms with Gasteiger partial charge in [-0.1, -0.05) is 35.4 Å². The summed E-state index contributed by atoms with van der Waals surface area (Å²) in [5.41, 5.74) is 8.66. The van der Waals surface area contributed by atoms with E-state index in [2.05, 4.69) is 10.0 Å². The smallest absolute Gasteiger partial charge is 0.311 e. The van der Waals surface area contributed by atoms with Crippen LogP contribution in [0, 0.1) is 5.92 Å². The minimum atomic E-state index is -1.22. The minimum Gasteiger partial charge on any atom is -0.481 e. The Morgan fingerprint density at radius 3 is 2.76 bits per heavy atom. The molecule has 3 atom stereocenters. The van der Waals surface area contributed by atoms with Crippen molar-refractivity contribution in [3.8, 4) is 0 Å². The highest BCUT2D eigenvalue weighted by molar-refractivity contribution is 5.71. The maximum Gasteiger partial charge on any atom is 0.311 e. The summed E-state index contributed by atoms with van der Waals surface area (Å²) in [5.74, 6) is -2.38. The van der Waals surface area contributed by atoms with E-state index in [1.54, 1.807) is 30.3 Å². The van der Waals surface area contributed by atoms with E-state index in [-0.39, 0.29) is 12.9 Å². The molecule has 1 fully saturated rings. The van der Waals surface area contributed by atoms with Gasteiger partial charge in [0, 0.05) is 10.5 Å². The molecule has 110 valence electrons. The van der Waals surface area contributed by atoms with Crippen LogP contribution >= 0.6 is 0 Å². The molecule has 1 heterocycles. The number of benzene rings is 1. The van der Waals surface area contributed by atoms with Gasteiger partial charge in [0.2, 0.25) is 0 Å². The lowest BCUT2D eigenvalue weighted by Crippen LogP contribution is -2.41. The number of azide groups is 1. The maximum atomic E-state index is 12.9. The number of hydrogen-bond donors (Lipinski definition) is 1. The fourth-order valence-corrected chi connectivity index (χ4v) is 2.00. The van der Waals surface area contributed by atoms with E-state index in [9.17, 15) is 9.18 Å². The first-order valence-electron chi connectivity index (χ1n) is 6.07. The van der Waals surface area contributed by atoms with Crippen LogP contribution in [-0.2, 0) is 14.3 Å². The molecule has 1 aromatic rings. The Balaban J connectivity index is 2.27. The molecule has 0 amide bonds. The number of carbonyl (C=O) groups is 1. The molecule has 1 aliphatic heterocycles. The average Bonchev–Trinajstić information content (AvgIpc) is 2.52. The number of hydrogen-bond acceptors (Lipinski definition) is 4. The summed E-state index contributed by atoms with van der Waals surface area (Å²) in [7, 11) is 0. The zero-order valence-electron chi connectivity index (χ0n) is 10.8. The molecule has 0 aliphatic carbocycles. The topological polar surface area (TPSA) is 105 Å². The Kier molecular flexibility index (Phi) is 4.89. The Morgan fingerprint density at radius 1 is 1.48 bits per heavy atom. The first-order valence-corrected chi connectivity index (χ1v) is 6.07. The molecule has 0 spiro atoms. The number of halogens is 1. The van der Waals surface area contributed by atoms with Crippen LogP contribution in [0.2, 0.25) is 0 Å². The molecular weight excluding hydrogens is 281 g/mol. The van der Waals surface area contributed by atoms with Gasteiger partial charge in [0.05, 0.1) is 18.6 Å². The van der Waals surface area contributed by atoms with Gasteiger partial charge in [-0.2, -0.15) is 0 Å². The molecule has 1 aliphatic rings. The van der Waals surface area contributed by atoms with Gasteiger partial charge in [0.15, 0.2) is 6.29 Å². The molecule has 21 heavy (non-hydrogen) atoms. The molecular formula is C13H12FN3O4. The summed E-state index contributed by atoms with van der Waals surface area (Å²) in [6.07, 6.45) is -2.02. The van der Waals surface area contributed by atoms with Crippen molar-refractivity contribution in [1.29, 1.82) is 0 Å². The molecule has 8 heteroatoms. The lowest BCUT2D eigenvalue weighted by atomic mass is 9.99. The second kappa shape index (κ2) is 6.85. The molecule has 0 saturated carbocycles. The Hall–Kier alpha value is -2.41. The third-order valence-corrected chi connectivity index (χ3v) is 3.02. The zero-order valence-corrected chi connectivity index (χ0v) is 10.8. The van der Waals surface area contributed by atoms with E-state index < -0.39 is 30.0 Å². The van der Waals surface area contributed by atoms with Crippen molar-refractivity contribution in [3.63, 3.8) is 0 Å². The molecule has 1 N–H and O–H groups in total. The fraction of sp³-hybridized carbons (Fsp3) is 0.308. The Morgan fingerprint density at radius 2 is 2.19 bits per heavy atom. The largest absolute Gasteiger partial charge is 0.481 e. The van der Waals surface area contributed by atoms with Crippen LogP contribution in [0.5, 0.6) is 0 Å². The SMILES string of the molecule is [N-]=[N+]=N/C(=C/F)[C@@H]1O[C@H](c2ccccc2)OC[C@H]1C(=O)O. The van der Waals surface area contributed by atoms with Gasteiger partial charge in [0.1, 0.15) is 12.0 Å². The summed E-state index contributed by atoms with van der Waals surface area (Å²) in [6, 6.07) is 8.79. The third-order valence-electron chi connectivity index (χ3n) is 3.02. The van der Waals surface area contributed by atoms with Gasteiger partial charge in [-0.3, -0.25) is 4.79 Å². The quantitative estimate of drug-likeness (QED) is 0.523. The third kappa shape index (κ3) is 3.38. The van der Waals surface area contributed by atoms with Crippen LogP contribution in [0.15, 0.2) is 47.5 Å². The second-order valence-corrected chi connectivity index (χ2v) is 4.30. The number of ether oxygens (including phenoxy) is 2. The van der Waals surface area contributed by atoms with Crippen molar-refractivity contribution < 1.29 is 23.8 Å². The summed E-state index contributed by atoms with van der Waals surface area (Å²) >= 11 is 0. The monoisotopic (exact) mass is 293 g/mol. The van der Waals surface area contributed by atoms with Gasteiger partial charge in [0.25, 0.3) is 0 Å². The van der Waals surface area contributed by atoms with Gasteiger partial charge in [-0.15, -0.1) is 0 Å². The number of rotatable bonds is 4. The molecule has 0 bridgehead atoms. The van der Waals surface area contributed by atoms with E-state index >= 15 is 0 Å². The van der Waals surface area contributed by atoms with Crippen molar-refractivity contribution in [2.45, 2.75) is 12.4 Å². The van der Waals surface area contributed by atoms with Crippen LogP contribution < -0.4 is 0 Å². The standard InChI is InChI=1S/C13H12FN3O4/c14-6-10(16-17-15)11-9(12(18)19)7-20-13(21-11)8-4-2-1-3-5-8/h1-6,9,11,13H,7H2,(H,18,19)/b10-6+/t9-,11-,13-/m1/s1. The van der Waals surface area contributed by atoms with Crippen molar-refractivity contribution >= 4 is 5.97 Å². The number of carboxylic acids is 1. The van der Waals surface area contributed by atoms with Crippen LogP contribution in [-0.4, -0.2) is 23.8 Å². The Bertz CT molecular complexity index is 586. The van der Waals surface area contributed by atoms with E-state index in [4.69, 9.17) is 20.1 Å². The van der Waals surface area contributed by atoms with E-state index in [1.807, 2.05) is 0 Å². The molecule has 1 saturated heterocycles. The first-order chi connectivity index (χ1) is 10.2. The Labute approximate surface area is 119 Å². The molecule has 7 nitrogen and oxygen atoms in total. The highest BCUT2D eigenvalue weighted by atomic mass is 19.1. The molecule has 0 aromatic heterocycles. The average molecular weight is 293 g/mol. The van der Waals surface area contributed by atoms with Crippen molar-refractivity contribution in [1.82, 2.24) is 0 Å². The van der Waals surface area contributed by atoms with Gasteiger partial charge in [-0.25, -0.2) is 4.39 Å². The lowest BCUT2D eigenvalue weighted by Gasteiger charge is -2.34. The van der Waals surface area contributed by atoms with Crippen molar-refractivity contribution in [3.05, 3.63) is 58.4 Å². The molecule has 0 radical (unpaired) electrons. The normalized spacial score (nSPS) is 26.0. The summed E-state index contributed by atoms with van der Waals surface area (Å²) in [6.45, 7) is -0.183. The summed E-state index contributed by atoms with van der Waals surface area (Å²) in [5, 5.41) is 12.3. The fourth-order valence-electron chi connectivity index (χ4n) is 2.00. The van der Waals surface area contributed by atoms with E-state index in [1.165, 1.54) is 0 Å². The van der Waals surface area contributed by atoms with Crippen LogP contribution in [0.25, 0.3) is 10.4 Å². The van der Waals surface area contributed by atoms with Crippen LogP contribution in [0.1, 0.15) is 11.9 Å². The van der Waals surface area contributed by atoms with Gasteiger partial charge in [-0.05, 0) is 5.53 Å². The predicted octanol–water partition coefficient (Wildman–Crippen LogP) is 2.92. The first kappa shape index (κ1) is 15.0. The zero-order chi connectivity index (χ0) is 15.2. The highest BCUT2D eigenvalue weighted by Crippen LogP contribution is 2.33. The van der Waals surface area contributed by atoms with E-state index in [0.29, 0.717) is 5.56 Å². The predicted molar refractivity (Wildman–Crippen MR) is 69.5 cm³/mol. The lowest BCUT2D eigenvalue weighted by molar-refractivity contribution is -0.234. The van der Waals surface area contributed by atoms with Crippen LogP contribution in [0.4, 0.5) is 4.39 Å². The van der Waals surface area contributed by atoms with Crippen LogP contribution in [0.3, 0.4) is 0 Å². The van der Waals surface area contributed by atoms with Gasteiger partial charge < -0.3 is 14.6 Å². The van der Waals surface area contributed by atoms with Crippen molar-refractivity contribution in [2.24, 2.45) is 11.0 Å². The van der Waals surface area contributed by atoms with Gasteiger partial charge >= 0.3 is 5.97 Å². The van der Waals surface area contributed by atoms with Crippen molar-refractivity contribution in [2.75, 3.05) is 6.61 Å². The number of nitrogens with zero attached hydrogens (tertiary/aromatic N) is 3. The maximum absolute atomic E-state index is 12.9. The number of aliphatic carboxylic acids is 1. The molecule has 0 unspecified atom stereocenters. The summed E-state index contributed by atoms with van der Waals surface area (Å²) in [4.78, 5) is 13.7. The molecule has 2 rings (SSSR count). The highest BCUT2D eigenvalue weighted by Gasteiger charge is 2.39. The van der Waals surface area contributed by atoms with E-state index in [0.717, 1.165) is 0 Å². The minimum absolute atomic E-state index is 0.0493. The second-order valence-electron chi connectivity index (χ2n) is 4.30. The number of carboxylic acid groups (broad SMARTS) is 1. The summed E-state index contributed by atoms with van der Waals surface area (Å²) < 4.78 is 23.7. The molecule has 1 aromatic carbocycles.